The van der Waals surface area contributed by atoms with Gasteiger partial charge in [0, 0.05) is 38.8 Å². The van der Waals surface area contributed by atoms with Crippen LogP contribution >= 0.6 is 0 Å². The van der Waals surface area contributed by atoms with Crippen molar-refractivity contribution in [2.45, 2.75) is 44.8 Å². The van der Waals surface area contributed by atoms with Crippen molar-refractivity contribution in [2.24, 2.45) is 4.99 Å². The van der Waals surface area contributed by atoms with Crippen LogP contribution in [0.4, 0.5) is 0 Å². The van der Waals surface area contributed by atoms with Gasteiger partial charge in [-0.05, 0) is 38.2 Å². The molecule has 2 fully saturated rings. The molecule has 1 heterocycles. The number of methoxy groups -OCH3 is 1. The van der Waals surface area contributed by atoms with Crippen LogP contribution in [-0.2, 0) is 16.6 Å². The first-order valence-corrected chi connectivity index (χ1v) is 11.9. The molecule has 9 heteroatoms. The Hall–Kier alpha value is -2.00. The molecule has 162 valence electrons. The molecular formula is C20H32N4O4S. The smallest absolute Gasteiger partial charge is 0.214 e. The van der Waals surface area contributed by atoms with Gasteiger partial charge in [0.15, 0.2) is 17.5 Å². The Balaban J connectivity index is 1.56. The number of guanidine groups is 1. The molecule has 0 unspecified atom stereocenters. The minimum Gasteiger partial charge on any atom is -0.493 e. The van der Waals surface area contributed by atoms with Crippen molar-refractivity contribution >= 4 is 16.0 Å². The average Bonchev–Trinajstić information content (AvgIpc) is 3.34. The van der Waals surface area contributed by atoms with Crippen molar-refractivity contribution in [1.82, 2.24) is 14.9 Å². The van der Waals surface area contributed by atoms with Gasteiger partial charge in [0.05, 0.1) is 19.0 Å². The zero-order chi connectivity index (χ0) is 20.7. The molecule has 3 rings (SSSR count). The highest BCUT2D eigenvalue weighted by Gasteiger charge is 2.27. The first kappa shape index (κ1) is 21.7. The van der Waals surface area contributed by atoms with Gasteiger partial charge in [-0.15, -0.1) is 0 Å². The van der Waals surface area contributed by atoms with Crippen LogP contribution in [0.1, 0.15) is 37.7 Å². The van der Waals surface area contributed by atoms with Gasteiger partial charge in [-0.2, -0.15) is 0 Å². The molecule has 1 saturated heterocycles. The first-order valence-electron chi connectivity index (χ1n) is 10.3. The third-order valence-electron chi connectivity index (χ3n) is 5.39. The molecule has 2 N–H and O–H groups in total. The summed E-state index contributed by atoms with van der Waals surface area (Å²) in [6.45, 7) is 2.07. The summed E-state index contributed by atoms with van der Waals surface area (Å²) in [5.41, 5.74) is 1.00. The van der Waals surface area contributed by atoms with Crippen LogP contribution in [0.3, 0.4) is 0 Å². The average molecular weight is 425 g/mol. The van der Waals surface area contributed by atoms with Crippen molar-refractivity contribution in [3.63, 3.8) is 0 Å². The van der Waals surface area contributed by atoms with E-state index in [9.17, 15) is 8.42 Å². The molecule has 2 aliphatic rings. The Morgan fingerprint density at radius 3 is 2.69 bits per heavy atom. The summed E-state index contributed by atoms with van der Waals surface area (Å²) in [5.74, 6) is 2.39. The van der Waals surface area contributed by atoms with Crippen molar-refractivity contribution in [2.75, 3.05) is 39.5 Å². The van der Waals surface area contributed by atoms with E-state index in [1.165, 1.54) is 17.1 Å². The van der Waals surface area contributed by atoms with E-state index < -0.39 is 10.0 Å². The summed E-state index contributed by atoms with van der Waals surface area (Å²) in [6.07, 6.45) is 5.51. The molecule has 1 aliphatic carbocycles. The zero-order valence-electron chi connectivity index (χ0n) is 17.3. The molecule has 1 aliphatic heterocycles. The molecule has 0 spiro atoms. The van der Waals surface area contributed by atoms with Crippen LogP contribution in [0, 0.1) is 0 Å². The third-order valence-corrected chi connectivity index (χ3v) is 7.35. The molecule has 0 radical (unpaired) electrons. The van der Waals surface area contributed by atoms with Gasteiger partial charge < -0.3 is 20.1 Å². The van der Waals surface area contributed by atoms with Crippen LogP contribution in [0.25, 0.3) is 0 Å². The SMILES string of the molecule is CN=C(NCCN1CCCS1(=O)=O)NCc1cccc(OC)c1OC1CCCC1. The lowest BCUT2D eigenvalue weighted by molar-refractivity contribution is 0.198. The monoisotopic (exact) mass is 424 g/mol. The number of nitrogens with zero attached hydrogens (tertiary/aromatic N) is 2. The molecule has 0 bridgehead atoms. The quantitative estimate of drug-likeness (QED) is 0.488. The molecule has 1 saturated carbocycles. The Kier molecular flexibility index (Phi) is 7.60. The maximum absolute atomic E-state index is 11.9. The highest BCUT2D eigenvalue weighted by molar-refractivity contribution is 7.89. The maximum atomic E-state index is 11.9. The molecule has 0 atom stereocenters. The molecule has 1 aromatic carbocycles. The van der Waals surface area contributed by atoms with Gasteiger partial charge in [-0.25, -0.2) is 12.7 Å². The highest BCUT2D eigenvalue weighted by atomic mass is 32.2. The van der Waals surface area contributed by atoms with Gasteiger partial charge in [0.2, 0.25) is 10.0 Å². The standard InChI is InChI=1S/C20H32N4O4S/c1-21-20(22-11-13-24-12-6-14-29(24,25)26)23-15-16-7-5-10-18(27-2)19(16)28-17-8-3-4-9-17/h5,7,10,17H,3-4,6,8-9,11-15H2,1-2H3,(H2,21,22,23). The van der Waals surface area contributed by atoms with E-state index in [0.717, 1.165) is 29.9 Å². The summed E-state index contributed by atoms with van der Waals surface area (Å²) < 4.78 is 37.1. The first-order chi connectivity index (χ1) is 14.0. The van der Waals surface area contributed by atoms with Gasteiger partial charge in [0.25, 0.3) is 0 Å². The molecular weight excluding hydrogens is 392 g/mol. The van der Waals surface area contributed by atoms with Gasteiger partial charge in [-0.3, -0.25) is 4.99 Å². The van der Waals surface area contributed by atoms with E-state index in [2.05, 4.69) is 15.6 Å². The second-order valence-corrected chi connectivity index (χ2v) is 9.48. The lowest BCUT2D eigenvalue weighted by Gasteiger charge is -2.20. The topological polar surface area (TPSA) is 92.3 Å². The van der Waals surface area contributed by atoms with Crippen LogP contribution in [-0.4, -0.2) is 64.3 Å². The molecule has 8 nitrogen and oxygen atoms in total. The number of nitrogens with one attached hydrogen (secondary N) is 2. The van der Waals surface area contributed by atoms with Gasteiger partial charge >= 0.3 is 0 Å². The summed E-state index contributed by atoms with van der Waals surface area (Å²) in [6, 6.07) is 5.88. The summed E-state index contributed by atoms with van der Waals surface area (Å²) in [4.78, 5) is 4.23. The number of para-hydroxylation sites is 1. The number of hydrogen-bond acceptors (Lipinski definition) is 5. The number of ether oxygens (including phenoxy) is 2. The Morgan fingerprint density at radius 1 is 1.24 bits per heavy atom. The zero-order valence-corrected chi connectivity index (χ0v) is 18.1. The van der Waals surface area contributed by atoms with Crippen LogP contribution in [0.2, 0.25) is 0 Å². The number of sulfonamides is 1. The van der Waals surface area contributed by atoms with Gasteiger partial charge in [0.1, 0.15) is 0 Å². The number of benzene rings is 1. The van der Waals surface area contributed by atoms with Crippen LogP contribution in [0.15, 0.2) is 23.2 Å². The van der Waals surface area contributed by atoms with E-state index in [-0.39, 0.29) is 11.9 Å². The van der Waals surface area contributed by atoms with Crippen molar-refractivity contribution in [3.05, 3.63) is 23.8 Å². The number of aliphatic imine (C=N–C) groups is 1. The van der Waals surface area contributed by atoms with Gasteiger partial charge in [-0.1, -0.05) is 12.1 Å². The van der Waals surface area contributed by atoms with Crippen molar-refractivity contribution in [3.8, 4) is 11.5 Å². The number of rotatable bonds is 8. The lowest BCUT2D eigenvalue weighted by Crippen LogP contribution is -2.41. The summed E-state index contributed by atoms with van der Waals surface area (Å²) in [7, 11) is 0.282. The Labute approximate surface area is 173 Å². The second kappa shape index (κ2) is 10.2. The predicted molar refractivity (Wildman–Crippen MR) is 114 cm³/mol. The molecule has 0 aromatic heterocycles. The van der Waals surface area contributed by atoms with E-state index >= 15 is 0 Å². The Bertz CT molecular complexity index is 807. The minimum atomic E-state index is -3.07. The fraction of sp³-hybridized carbons (Fsp3) is 0.650. The minimum absolute atomic E-state index is 0.241. The fourth-order valence-electron chi connectivity index (χ4n) is 3.81. The molecule has 1 aromatic rings. The second-order valence-electron chi connectivity index (χ2n) is 7.39. The van der Waals surface area contributed by atoms with Crippen molar-refractivity contribution < 1.29 is 17.9 Å². The third kappa shape index (κ3) is 5.76. The highest BCUT2D eigenvalue weighted by Crippen LogP contribution is 2.34. The van der Waals surface area contributed by atoms with E-state index in [1.807, 2.05) is 18.2 Å². The summed E-state index contributed by atoms with van der Waals surface area (Å²) >= 11 is 0. The normalized spacial score (nSPS) is 20.0. The Morgan fingerprint density at radius 2 is 2.03 bits per heavy atom. The molecule has 29 heavy (non-hydrogen) atoms. The molecule has 0 amide bonds. The predicted octanol–water partition coefficient (Wildman–Crippen LogP) is 1.72. The number of hydrogen-bond donors (Lipinski definition) is 2. The van der Waals surface area contributed by atoms with Crippen molar-refractivity contribution in [1.29, 1.82) is 0 Å². The fourth-order valence-corrected chi connectivity index (χ4v) is 5.34. The van der Waals surface area contributed by atoms with E-state index in [1.54, 1.807) is 14.2 Å². The lowest BCUT2D eigenvalue weighted by atomic mass is 10.1. The van der Waals surface area contributed by atoms with Crippen LogP contribution in [0.5, 0.6) is 11.5 Å². The van der Waals surface area contributed by atoms with Crippen LogP contribution < -0.4 is 20.1 Å². The van der Waals surface area contributed by atoms with E-state index in [0.29, 0.717) is 38.6 Å². The van der Waals surface area contributed by atoms with E-state index in [4.69, 9.17) is 9.47 Å². The largest absolute Gasteiger partial charge is 0.493 e. The maximum Gasteiger partial charge on any atom is 0.214 e. The summed E-state index contributed by atoms with van der Waals surface area (Å²) in [5, 5.41) is 6.47.